The first kappa shape index (κ1) is 42.7. The molecule has 0 atom stereocenters. The monoisotopic (exact) mass is 236 g/mol. The van der Waals surface area contributed by atoms with Crippen molar-refractivity contribution in [2.45, 2.75) is 0 Å². The van der Waals surface area contributed by atoms with Gasteiger partial charge in [0.2, 0.25) is 0 Å². The Labute approximate surface area is 61.5 Å². The molecule has 0 unspecified atom stereocenters. The van der Waals surface area contributed by atoms with Crippen molar-refractivity contribution in [1.29, 1.82) is 0 Å². The quantitative estimate of drug-likeness (QED) is 0.548. The predicted octanol–water partition coefficient (Wildman–Crippen LogP) is 0.839. The third kappa shape index (κ3) is 9.28. The van der Waals surface area contributed by atoms with E-state index in [1.807, 2.05) is 0 Å². The molecule has 0 aromatic carbocycles. The summed E-state index contributed by atoms with van der Waals surface area (Å²) in [4.78, 5) is 0. The van der Waals surface area contributed by atoms with Gasteiger partial charge < -0.3 is 0 Å². The summed E-state index contributed by atoms with van der Waals surface area (Å²) in [6, 6.07) is 0. The Morgan fingerprint density at radius 1 is 0.750 bits per heavy atom. The molecule has 0 aliphatic rings. The molecule has 0 spiro atoms. The molecule has 0 saturated heterocycles. The minimum Gasteiger partial charge on any atom is -0.147 e. The minimum absolute atomic E-state index is 0. The van der Waals surface area contributed by atoms with Gasteiger partial charge in [0, 0.05) is 36.9 Å². The molecular weight excluding hydrogens is 236 g/mol. The minimum atomic E-state index is 0. The summed E-state index contributed by atoms with van der Waals surface area (Å²) in [6.45, 7) is 0. The van der Waals surface area contributed by atoms with Crippen molar-refractivity contribution >= 4 is 24.8 Å². The van der Waals surface area contributed by atoms with Crippen LogP contribution in [-0.4, -0.2) is 0 Å². The summed E-state index contributed by atoms with van der Waals surface area (Å²) < 4.78 is 0. The zero-order valence-corrected chi connectivity index (χ0v) is 5.62. The maximum Gasteiger partial charge on any atom is 0 e. The topological polar surface area (TPSA) is 0 Å². The molecule has 0 aromatic heterocycles. The largest absolute Gasteiger partial charge is 0.147 e. The van der Waals surface area contributed by atoms with Crippen LogP contribution >= 0.6 is 24.8 Å². The van der Waals surface area contributed by atoms with Gasteiger partial charge in [-0.3, -0.25) is 0 Å². The molecule has 0 saturated carbocycles. The molecule has 0 N–H and O–H groups in total. The third-order valence-corrected chi connectivity index (χ3v) is 0. The molecule has 0 fully saturated rings. The average molecular weight is 238 g/mol. The van der Waals surface area contributed by atoms with Gasteiger partial charge in [-0.25, -0.2) is 0 Å². The van der Waals surface area contributed by atoms with Crippen molar-refractivity contribution in [2.24, 2.45) is 0 Å². The first-order valence-electron chi connectivity index (χ1n) is 0. The Morgan fingerprint density at radius 3 is 0.750 bits per heavy atom. The van der Waals surface area contributed by atoms with E-state index in [1.54, 1.807) is 0 Å². The van der Waals surface area contributed by atoms with Crippen LogP contribution in [0.15, 0.2) is 0 Å². The summed E-state index contributed by atoms with van der Waals surface area (Å²) >= 11 is 0. The molecule has 0 nitrogen and oxygen atoms in total. The van der Waals surface area contributed by atoms with Gasteiger partial charge in [0.15, 0.2) is 0 Å². The van der Waals surface area contributed by atoms with E-state index in [1.165, 1.54) is 0 Å². The second-order valence-corrected chi connectivity index (χ2v) is 0. The van der Waals surface area contributed by atoms with E-state index in [-0.39, 0.29) is 61.7 Å². The van der Waals surface area contributed by atoms with Crippen LogP contribution in [0.1, 0.15) is 0 Å². The predicted molar refractivity (Wildman–Crippen MR) is 14.5 cm³/mol. The average Bonchev–Trinajstić information content (AvgIpc) is 0. The fraction of sp³-hybridized carbons (Fsp3) is 0. The van der Waals surface area contributed by atoms with E-state index < -0.39 is 0 Å². The van der Waals surface area contributed by atoms with Crippen molar-refractivity contribution in [1.82, 2.24) is 0 Å². The van der Waals surface area contributed by atoms with Crippen LogP contribution in [0.5, 0.6) is 0 Å². The number of halogens is 2. The summed E-state index contributed by atoms with van der Waals surface area (Å²) in [5, 5.41) is 0. The number of rotatable bonds is 0. The first-order valence-corrected chi connectivity index (χ1v) is 0. The van der Waals surface area contributed by atoms with Crippen molar-refractivity contribution in [3.05, 3.63) is 0 Å². The normalized spacial score (nSPS) is 0. The fourth-order valence-electron chi connectivity index (χ4n) is 0. The Hall–Kier alpha value is 1.74. The zero-order chi connectivity index (χ0) is 0. The molecule has 0 amide bonds. The van der Waals surface area contributed by atoms with Crippen LogP contribution in [-0.2, 0) is 36.9 Å². The van der Waals surface area contributed by atoms with E-state index >= 15 is 0 Å². The van der Waals surface area contributed by atoms with Crippen LogP contribution in [0, 0.1) is 0 Å². The molecule has 0 aliphatic carbocycles. The van der Waals surface area contributed by atoms with Crippen molar-refractivity contribution < 1.29 is 36.9 Å². The maximum absolute atomic E-state index is 0. The Bertz CT molecular complexity index is 6.00. The standard InChI is InChI=1S/2ClH.Ni.Pd/h2*1H;;. The number of hydrogen-bond acceptors (Lipinski definition) is 0. The summed E-state index contributed by atoms with van der Waals surface area (Å²) in [5.41, 5.74) is 0. The van der Waals surface area contributed by atoms with Crippen LogP contribution in [0.25, 0.3) is 0 Å². The van der Waals surface area contributed by atoms with Crippen molar-refractivity contribution in [2.75, 3.05) is 0 Å². The molecule has 0 aliphatic heterocycles. The smallest absolute Gasteiger partial charge is 0 e. The van der Waals surface area contributed by atoms with E-state index in [0.717, 1.165) is 0 Å². The molecule has 36 valence electrons. The molecule has 0 rings (SSSR count). The molecular formula is H2Cl2NiPd. The first-order chi connectivity index (χ1) is 0. The van der Waals surface area contributed by atoms with Gasteiger partial charge in [-0.05, 0) is 0 Å². The van der Waals surface area contributed by atoms with Crippen molar-refractivity contribution in [3.8, 4) is 0 Å². The maximum atomic E-state index is 0. The van der Waals surface area contributed by atoms with Gasteiger partial charge in [0.25, 0.3) is 0 Å². The second kappa shape index (κ2) is 21.9. The van der Waals surface area contributed by atoms with Crippen LogP contribution in [0.3, 0.4) is 0 Å². The van der Waals surface area contributed by atoms with Crippen LogP contribution < -0.4 is 0 Å². The molecule has 0 heterocycles. The molecule has 0 radical (unpaired) electrons. The second-order valence-electron chi connectivity index (χ2n) is 0. The fourth-order valence-corrected chi connectivity index (χ4v) is 0. The van der Waals surface area contributed by atoms with E-state index in [4.69, 9.17) is 0 Å². The Morgan fingerprint density at radius 2 is 0.750 bits per heavy atom. The summed E-state index contributed by atoms with van der Waals surface area (Å²) in [7, 11) is 0. The van der Waals surface area contributed by atoms with Gasteiger partial charge in [0.1, 0.15) is 0 Å². The van der Waals surface area contributed by atoms with Crippen LogP contribution in [0.4, 0.5) is 0 Å². The third-order valence-electron chi connectivity index (χ3n) is 0. The van der Waals surface area contributed by atoms with E-state index in [0.29, 0.717) is 0 Å². The number of hydrogen-bond donors (Lipinski definition) is 0. The van der Waals surface area contributed by atoms with Gasteiger partial charge in [0.05, 0.1) is 0 Å². The van der Waals surface area contributed by atoms with Crippen LogP contribution in [0.2, 0.25) is 0 Å². The Kier molecular flexibility index (Phi) is 234. The molecule has 4 heavy (non-hydrogen) atoms. The SMILES string of the molecule is Cl.Cl.[Ni].[Pd]. The zero-order valence-electron chi connectivity index (χ0n) is 1.45. The molecule has 0 bridgehead atoms. The van der Waals surface area contributed by atoms with Gasteiger partial charge in [-0.15, -0.1) is 24.8 Å². The van der Waals surface area contributed by atoms with Gasteiger partial charge in [-0.1, -0.05) is 0 Å². The molecule has 0 aromatic rings. The van der Waals surface area contributed by atoms with E-state index in [2.05, 4.69) is 0 Å². The molecule has 4 heteroatoms. The van der Waals surface area contributed by atoms with Gasteiger partial charge in [-0.2, -0.15) is 0 Å². The van der Waals surface area contributed by atoms with Crippen molar-refractivity contribution in [3.63, 3.8) is 0 Å². The van der Waals surface area contributed by atoms with Gasteiger partial charge >= 0.3 is 0 Å². The van der Waals surface area contributed by atoms with E-state index in [9.17, 15) is 0 Å². The summed E-state index contributed by atoms with van der Waals surface area (Å²) in [5.74, 6) is 0. The summed E-state index contributed by atoms with van der Waals surface area (Å²) in [6.07, 6.45) is 0. The Balaban J connectivity index is 0.